The Morgan fingerprint density at radius 1 is 1.03 bits per heavy atom. The Morgan fingerprint density at radius 2 is 1.74 bits per heavy atom. The van der Waals surface area contributed by atoms with Crippen molar-refractivity contribution in [3.63, 3.8) is 0 Å². The van der Waals surface area contributed by atoms with E-state index in [9.17, 15) is 4.79 Å². The lowest BCUT2D eigenvalue weighted by atomic mass is 10.1. The predicted octanol–water partition coefficient (Wildman–Crippen LogP) is 6.53. The third-order valence-corrected chi connectivity index (χ3v) is 6.71. The maximum Gasteiger partial charge on any atom is 0.281 e. The van der Waals surface area contributed by atoms with Crippen molar-refractivity contribution in [2.75, 3.05) is 18.6 Å². The lowest BCUT2D eigenvalue weighted by molar-refractivity contribution is -0.114. The Bertz CT molecular complexity index is 1250. The van der Waals surface area contributed by atoms with Crippen LogP contribution in [0.15, 0.2) is 72.4 Å². The molecule has 0 aliphatic carbocycles. The quantitative estimate of drug-likeness (QED) is 0.174. The second kappa shape index (κ2) is 10.8. The molecule has 0 atom stereocenters. The minimum Gasteiger partial charge on any atom is -0.494 e. The molecule has 1 heterocycles. The zero-order valence-electron chi connectivity index (χ0n) is 18.6. The first kappa shape index (κ1) is 24.5. The summed E-state index contributed by atoms with van der Waals surface area (Å²) in [7, 11) is 1.78. The average molecular weight is 605 g/mol. The SMILES string of the molecule is CCOc1ccc(N2C(=O)/C(=C/c3ccc(OCc4ccc(I)cc4)c(Cl)c3)N(C)C2=S)cc1. The van der Waals surface area contributed by atoms with Gasteiger partial charge in [-0.1, -0.05) is 29.8 Å². The first-order valence-corrected chi connectivity index (χ1v) is 12.5. The van der Waals surface area contributed by atoms with E-state index in [2.05, 4.69) is 22.6 Å². The van der Waals surface area contributed by atoms with Crippen molar-refractivity contribution in [2.45, 2.75) is 13.5 Å². The fourth-order valence-electron chi connectivity index (χ4n) is 3.47. The smallest absolute Gasteiger partial charge is 0.281 e. The molecule has 5 nitrogen and oxygen atoms in total. The van der Waals surface area contributed by atoms with Gasteiger partial charge in [0, 0.05) is 10.6 Å². The van der Waals surface area contributed by atoms with Gasteiger partial charge in [0.1, 0.15) is 23.8 Å². The summed E-state index contributed by atoms with van der Waals surface area (Å²) >= 11 is 14.3. The Labute approximate surface area is 223 Å². The van der Waals surface area contributed by atoms with Crippen LogP contribution < -0.4 is 14.4 Å². The van der Waals surface area contributed by atoms with E-state index in [-0.39, 0.29) is 5.91 Å². The number of likely N-dealkylation sites (N-methyl/N-ethyl adjacent to an activating group) is 1. The molecule has 1 aliphatic heterocycles. The van der Waals surface area contributed by atoms with E-state index in [1.54, 1.807) is 24.1 Å². The number of rotatable bonds is 7. The highest BCUT2D eigenvalue weighted by Gasteiger charge is 2.36. The number of amides is 1. The molecule has 0 spiro atoms. The first-order chi connectivity index (χ1) is 16.4. The summed E-state index contributed by atoms with van der Waals surface area (Å²) in [6.45, 7) is 2.92. The summed E-state index contributed by atoms with van der Waals surface area (Å²) in [5.41, 5.74) is 2.98. The van der Waals surface area contributed by atoms with Gasteiger partial charge in [-0.15, -0.1) is 0 Å². The van der Waals surface area contributed by atoms with Crippen LogP contribution in [0, 0.1) is 3.57 Å². The van der Waals surface area contributed by atoms with Gasteiger partial charge in [0.15, 0.2) is 5.11 Å². The number of carbonyl (C=O) groups excluding carboxylic acids is 1. The molecule has 0 N–H and O–H groups in total. The standard InChI is InChI=1S/C26H22ClIN2O3S/c1-3-32-21-11-9-20(10-12-21)30-25(31)23(29(2)26(30)34)15-18-6-13-24(22(27)14-18)33-16-17-4-7-19(28)8-5-17/h4-15H,3,16H2,1-2H3/b23-15-. The van der Waals surface area contributed by atoms with Crippen LogP contribution in [0.5, 0.6) is 11.5 Å². The van der Waals surface area contributed by atoms with Crippen LogP contribution in [0.2, 0.25) is 5.02 Å². The molecule has 34 heavy (non-hydrogen) atoms. The van der Waals surface area contributed by atoms with Gasteiger partial charge in [-0.25, -0.2) is 0 Å². The molecule has 174 valence electrons. The second-order valence-corrected chi connectivity index (χ2v) is 9.56. The van der Waals surface area contributed by atoms with Crippen molar-refractivity contribution in [2.24, 2.45) is 0 Å². The summed E-state index contributed by atoms with van der Waals surface area (Å²) in [6.07, 6.45) is 1.78. The third-order valence-electron chi connectivity index (χ3n) is 5.23. The highest BCUT2D eigenvalue weighted by Crippen LogP contribution is 2.31. The Kier molecular flexibility index (Phi) is 7.75. The number of nitrogens with zero attached hydrogens (tertiary/aromatic N) is 2. The van der Waals surface area contributed by atoms with Gasteiger partial charge < -0.3 is 14.4 Å². The highest BCUT2D eigenvalue weighted by molar-refractivity contribution is 14.1. The number of benzene rings is 3. The lowest BCUT2D eigenvalue weighted by Gasteiger charge is -2.16. The molecule has 4 rings (SSSR count). The molecule has 1 amide bonds. The molecule has 0 unspecified atom stereocenters. The minimum atomic E-state index is -0.202. The predicted molar refractivity (Wildman–Crippen MR) is 148 cm³/mol. The summed E-state index contributed by atoms with van der Waals surface area (Å²) in [4.78, 5) is 16.4. The number of carbonyl (C=O) groups is 1. The van der Waals surface area contributed by atoms with E-state index in [1.807, 2.05) is 67.6 Å². The van der Waals surface area contributed by atoms with Crippen molar-refractivity contribution in [1.82, 2.24) is 4.90 Å². The maximum atomic E-state index is 13.2. The van der Waals surface area contributed by atoms with Crippen molar-refractivity contribution < 1.29 is 14.3 Å². The largest absolute Gasteiger partial charge is 0.494 e. The van der Waals surface area contributed by atoms with Crippen LogP contribution >= 0.6 is 46.4 Å². The topological polar surface area (TPSA) is 42.0 Å². The van der Waals surface area contributed by atoms with E-state index in [1.165, 1.54) is 8.47 Å². The average Bonchev–Trinajstić information content (AvgIpc) is 3.03. The van der Waals surface area contributed by atoms with Crippen molar-refractivity contribution in [3.05, 3.63) is 92.1 Å². The molecule has 0 radical (unpaired) electrons. The molecule has 0 bridgehead atoms. The van der Waals surface area contributed by atoms with Gasteiger partial charge >= 0.3 is 0 Å². The van der Waals surface area contributed by atoms with Gasteiger partial charge in [-0.05, 0) is 107 Å². The van der Waals surface area contributed by atoms with Crippen LogP contribution in [-0.4, -0.2) is 29.6 Å². The van der Waals surface area contributed by atoms with Gasteiger partial charge in [0.2, 0.25) is 0 Å². The van der Waals surface area contributed by atoms with E-state index < -0.39 is 0 Å². The lowest BCUT2D eigenvalue weighted by Crippen LogP contribution is -2.31. The van der Waals surface area contributed by atoms with Crippen molar-refractivity contribution in [3.8, 4) is 11.5 Å². The molecular formula is C26H22ClIN2O3S. The molecule has 3 aromatic rings. The molecular weight excluding hydrogens is 583 g/mol. The van der Waals surface area contributed by atoms with Gasteiger partial charge in [-0.2, -0.15) is 0 Å². The number of ether oxygens (including phenoxy) is 2. The molecule has 0 saturated carbocycles. The Balaban J connectivity index is 1.51. The minimum absolute atomic E-state index is 0.202. The normalized spacial score (nSPS) is 14.8. The van der Waals surface area contributed by atoms with Crippen LogP contribution in [-0.2, 0) is 11.4 Å². The summed E-state index contributed by atoms with van der Waals surface area (Å²) in [6, 6.07) is 20.9. The zero-order chi connectivity index (χ0) is 24.2. The summed E-state index contributed by atoms with van der Waals surface area (Å²) in [5.74, 6) is 1.12. The fourth-order valence-corrected chi connectivity index (χ4v) is 4.36. The molecule has 3 aromatic carbocycles. The third kappa shape index (κ3) is 5.37. The molecule has 1 saturated heterocycles. The van der Waals surface area contributed by atoms with Gasteiger partial charge in [0.25, 0.3) is 5.91 Å². The molecule has 1 fully saturated rings. The summed E-state index contributed by atoms with van der Waals surface area (Å²) < 4.78 is 12.5. The fraction of sp³-hybridized carbons (Fsp3) is 0.154. The zero-order valence-corrected chi connectivity index (χ0v) is 22.4. The number of hydrogen-bond donors (Lipinski definition) is 0. The van der Waals surface area contributed by atoms with Crippen LogP contribution in [0.3, 0.4) is 0 Å². The van der Waals surface area contributed by atoms with Crippen molar-refractivity contribution >= 4 is 69.2 Å². The van der Waals surface area contributed by atoms with Gasteiger partial charge in [-0.3, -0.25) is 9.69 Å². The Hall–Kier alpha value is -2.62. The maximum absolute atomic E-state index is 13.2. The first-order valence-electron chi connectivity index (χ1n) is 10.6. The number of thiocarbonyl (C=S) groups is 1. The highest BCUT2D eigenvalue weighted by atomic mass is 127. The monoisotopic (exact) mass is 604 g/mol. The van der Waals surface area contributed by atoms with E-state index >= 15 is 0 Å². The van der Waals surface area contributed by atoms with Crippen LogP contribution in [0.25, 0.3) is 6.08 Å². The van der Waals surface area contributed by atoms with E-state index in [0.29, 0.717) is 40.5 Å². The number of hydrogen-bond acceptors (Lipinski definition) is 4. The van der Waals surface area contributed by atoms with E-state index in [4.69, 9.17) is 33.3 Å². The Morgan fingerprint density at radius 3 is 2.38 bits per heavy atom. The second-order valence-electron chi connectivity index (χ2n) is 7.54. The van der Waals surface area contributed by atoms with Crippen molar-refractivity contribution in [1.29, 1.82) is 0 Å². The van der Waals surface area contributed by atoms with Gasteiger partial charge in [0.05, 0.1) is 17.3 Å². The number of halogens is 2. The van der Waals surface area contributed by atoms with Crippen LogP contribution in [0.1, 0.15) is 18.1 Å². The molecule has 8 heteroatoms. The number of anilines is 1. The van der Waals surface area contributed by atoms with Crippen LogP contribution in [0.4, 0.5) is 5.69 Å². The summed E-state index contributed by atoms with van der Waals surface area (Å²) in [5, 5.41) is 0.878. The van der Waals surface area contributed by atoms with E-state index in [0.717, 1.165) is 16.9 Å². The molecule has 0 aromatic heterocycles. The molecule has 1 aliphatic rings.